The average Bonchev–Trinajstić information content (AvgIpc) is 2.44. The first-order chi connectivity index (χ1) is 6.97. The molecule has 0 saturated heterocycles. The minimum atomic E-state index is -1.14. The Morgan fingerprint density at radius 2 is 2.27 bits per heavy atom. The van der Waals surface area contributed by atoms with Crippen LogP contribution in [-0.2, 0) is 23.8 Å². The van der Waals surface area contributed by atoms with Crippen LogP contribution in [0.4, 0.5) is 0 Å². The lowest BCUT2D eigenvalue weighted by Crippen LogP contribution is -2.47. The van der Waals surface area contributed by atoms with Gasteiger partial charge in [-0.15, -0.1) is 0 Å². The quantitative estimate of drug-likeness (QED) is 0.693. The Kier molecular flexibility index (Phi) is 1.95. The van der Waals surface area contributed by atoms with Crippen molar-refractivity contribution in [3.63, 3.8) is 0 Å². The van der Waals surface area contributed by atoms with E-state index in [9.17, 15) is 14.7 Å². The van der Waals surface area contributed by atoms with Crippen molar-refractivity contribution in [3.05, 3.63) is 16.3 Å². The van der Waals surface area contributed by atoms with Crippen molar-refractivity contribution >= 4 is 5.97 Å². The standard InChI is InChI=1S/C9H13N3O3/c1-9(7(13)14)5-3-4-6-10-11(2)8(15)12(6)9/h3-5H2,1-2H3,(H,13,14). The topological polar surface area (TPSA) is 77.1 Å². The van der Waals surface area contributed by atoms with Gasteiger partial charge >= 0.3 is 11.7 Å². The second-order valence-electron chi connectivity index (χ2n) is 4.09. The summed E-state index contributed by atoms with van der Waals surface area (Å²) in [6, 6.07) is 0. The third-order valence-corrected chi connectivity index (χ3v) is 3.01. The normalized spacial score (nSPS) is 24.9. The largest absolute Gasteiger partial charge is 0.479 e. The monoisotopic (exact) mass is 211 g/mol. The molecule has 1 unspecified atom stereocenters. The third kappa shape index (κ3) is 1.20. The van der Waals surface area contributed by atoms with Crippen LogP contribution in [0, 0.1) is 0 Å². The number of rotatable bonds is 1. The van der Waals surface area contributed by atoms with Crippen molar-refractivity contribution in [2.75, 3.05) is 0 Å². The first-order valence-corrected chi connectivity index (χ1v) is 4.85. The molecule has 2 heterocycles. The van der Waals surface area contributed by atoms with E-state index in [0.29, 0.717) is 18.7 Å². The predicted molar refractivity (Wildman–Crippen MR) is 51.7 cm³/mol. The molecule has 0 aliphatic carbocycles. The van der Waals surface area contributed by atoms with Gasteiger partial charge in [0.1, 0.15) is 11.4 Å². The van der Waals surface area contributed by atoms with Gasteiger partial charge in [-0.3, -0.25) is 4.57 Å². The van der Waals surface area contributed by atoms with Crippen LogP contribution >= 0.6 is 0 Å². The highest BCUT2D eigenvalue weighted by Gasteiger charge is 2.41. The summed E-state index contributed by atoms with van der Waals surface area (Å²) in [5, 5.41) is 13.2. The van der Waals surface area contributed by atoms with Gasteiger partial charge < -0.3 is 5.11 Å². The molecule has 6 heteroatoms. The summed E-state index contributed by atoms with van der Waals surface area (Å²) in [4.78, 5) is 22.9. The molecule has 15 heavy (non-hydrogen) atoms. The first-order valence-electron chi connectivity index (χ1n) is 4.85. The average molecular weight is 211 g/mol. The van der Waals surface area contributed by atoms with Crippen LogP contribution in [0.1, 0.15) is 25.6 Å². The number of aliphatic carboxylic acids is 1. The minimum absolute atomic E-state index is 0.352. The Morgan fingerprint density at radius 1 is 1.60 bits per heavy atom. The molecule has 0 saturated carbocycles. The molecule has 1 aromatic heterocycles. The van der Waals surface area contributed by atoms with Gasteiger partial charge in [0.2, 0.25) is 0 Å². The first kappa shape index (κ1) is 9.95. The number of carboxylic acid groups (broad SMARTS) is 1. The summed E-state index contributed by atoms with van der Waals surface area (Å²) in [7, 11) is 1.54. The third-order valence-electron chi connectivity index (χ3n) is 3.01. The fourth-order valence-electron chi connectivity index (χ4n) is 2.08. The van der Waals surface area contributed by atoms with E-state index in [4.69, 9.17) is 0 Å². The molecule has 0 fully saturated rings. The molecule has 1 aromatic rings. The van der Waals surface area contributed by atoms with Crippen molar-refractivity contribution in [3.8, 4) is 0 Å². The fraction of sp³-hybridized carbons (Fsp3) is 0.667. The smallest absolute Gasteiger partial charge is 0.346 e. The van der Waals surface area contributed by atoms with E-state index in [0.717, 1.165) is 6.42 Å². The van der Waals surface area contributed by atoms with E-state index in [1.165, 1.54) is 16.3 Å². The second-order valence-corrected chi connectivity index (χ2v) is 4.09. The number of hydrogen-bond donors (Lipinski definition) is 1. The molecule has 6 nitrogen and oxygen atoms in total. The molecule has 0 aromatic carbocycles. The second kappa shape index (κ2) is 2.95. The highest BCUT2D eigenvalue weighted by Crippen LogP contribution is 2.28. The predicted octanol–water partition coefficient (Wildman–Crippen LogP) is -0.282. The summed E-state index contributed by atoms with van der Waals surface area (Å²) in [6.07, 6.45) is 1.89. The Balaban J connectivity index is 2.70. The van der Waals surface area contributed by atoms with E-state index in [2.05, 4.69) is 5.10 Å². The van der Waals surface area contributed by atoms with Gasteiger partial charge in [-0.05, 0) is 19.8 Å². The van der Waals surface area contributed by atoms with E-state index in [-0.39, 0.29) is 5.69 Å². The van der Waals surface area contributed by atoms with E-state index < -0.39 is 11.5 Å². The van der Waals surface area contributed by atoms with E-state index >= 15 is 0 Å². The SMILES string of the molecule is Cn1nc2n(c1=O)C(C)(C(=O)O)CCC2. The molecule has 0 radical (unpaired) electrons. The van der Waals surface area contributed by atoms with Gasteiger partial charge in [0, 0.05) is 13.5 Å². The van der Waals surface area contributed by atoms with Crippen molar-refractivity contribution in [2.45, 2.75) is 31.7 Å². The number of carboxylic acids is 1. The summed E-state index contributed by atoms with van der Waals surface area (Å²) in [5.41, 5.74) is -1.49. The van der Waals surface area contributed by atoms with Gasteiger partial charge in [0.05, 0.1) is 0 Å². The zero-order valence-corrected chi connectivity index (χ0v) is 8.73. The van der Waals surface area contributed by atoms with Crippen molar-refractivity contribution < 1.29 is 9.90 Å². The van der Waals surface area contributed by atoms with Crippen LogP contribution in [0.2, 0.25) is 0 Å². The molecule has 0 bridgehead atoms. The van der Waals surface area contributed by atoms with Crippen LogP contribution < -0.4 is 5.69 Å². The lowest BCUT2D eigenvalue weighted by atomic mass is 9.91. The van der Waals surface area contributed by atoms with E-state index in [1.807, 2.05) is 0 Å². The molecule has 1 atom stereocenters. The Morgan fingerprint density at radius 3 is 2.87 bits per heavy atom. The maximum absolute atomic E-state index is 11.7. The maximum Gasteiger partial charge on any atom is 0.346 e. The molecular formula is C9H13N3O3. The van der Waals surface area contributed by atoms with Crippen LogP contribution in [-0.4, -0.2) is 25.4 Å². The Labute approximate surface area is 86.1 Å². The number of hydrogen-bond acceptors (Lipinski definition) is 3. The van der Waals surface area contributed by atoms with Crippen LogP contribution in [0.15, 0.2) is 4.79 Å². The van der Waals surface area contributed by atoms with Gasteiger partial charge in [0.25, 0.3) is 0 Å². The van der Waals surface area contributed by atoms with E-state index in [1.54, 1.807) is 6.92 Å². The summed E-state index contributed by atoms with van der Waals surface area (Å²) in [5.74, 6) is -0.405. The number of fused-ring (bicyclic) bond motifs is 1. The zero-order chi connectivity index (χ0) is 11.2. The zero-order valence-electron chi connectivity index (χ0n) is 8.73. The van der Waals surface area contributed by atoms with Crippen molar-refractivity contribution in [1.82, 2.24) is 14.3 Å². The number of nitrogens with zero attached hydrogens (tertiary/aromatic N) is 3. The minimum Gasteiger partial charge on any atom is -0.479 e. The maximum atomic E-state index is 11.7. The van der Waals surface area contributed by atoms with Crippen molar-refractivity contribution in [1.29, 1.82) is 0 Å². The number of carbonyl (C=O) groups is 1. The highest BCUT2D eigenvalue weighted by atomic mass is 16.4. The number of aromatic nitrogens is 3. The molecule has 0 amide bonds. The molecule has 82 valence electrons. The fourth-order valence-corrected chi connectivity index (χ4v) is 2.08. The van der Waals surface area contributed by atoms with Gasteiger partial charge in [0.15, 0.2) is 0 Å². The highest BCUT2D eigenvalue weighted by molar-refractivity contribution is 5.76. The molecule has 1 aliphatic heterocycles. The van der Waals surface area contributed by atoms with Crippen molar-refractivity contribution in [2.24, 2.45) is 7.05 Å². The van der Waals surface area contributed by atoms with Crippen LogP contribution in [0.3, 0.4) is 0 Å². The summed E-state index contributed by atoms with van der Waals surface area (Å²) < 4.78 is 2.50. The molecule has 1 N–H and O–H groups in total. The molecular weight excluding hydrogens is 198 g/mol. The molecule has 0 spiro atoms. The van der Waals surface area contributed by atoms with Gasteiger partial charge in [-0.25, -0.2) is 14.3 Å². The lowest BCUT2D eigenvalue weighted by Gasteiger charge is -2.30. The Bertz CT molecular complexity index is 473. The van der Waals surface area contributed by atoms with Gasteiger partial charge in [-0.2, -0.15) is 5.10 Å². The molecule has 1 aliphatic rings. The van der Waals surface area contributed by atoms with Gasteiger partial charge in [-0.1, -0.05) is 0 Å². The summed E-state index contributed by atoms with van der Waals surface area (Å²) in [6.45, 7) is 1.57. The van der Waals surface area contributed by atoms with Crippen LogP contribution in [0.5, 0.6) is 0 Å². The summed E-state index contributed by atoms with van der Waals surface area (Å²) >= 11 is 0. The van der Waals surface area contributed by atoms with Crippen LogP contribution in [0.25, 0.3) is 0 Å². The Hall–Kier alpha value is -1.59. The lowest BCUT2D eigenvalue weighted by molar-refractivity contribution is -0.147. The molecule has 2 rings (SSSR count). The number of aryl methyl sites for hydroxylation is 2.